The fraction of sp³-hybridized carbons (Fsp3) is 0.0556. The minimum absolute atomic E-state index is 0.488. The van der Waals surface area contributed by atoms with Crippen molar-refractivity contribution in [3.8, 4) is 11.4 Å². The lowest BCUT2D eigenvalue weighted by Gasteiger charge is -2.07. The van der Waals surface area contributed by atoms with Crippen LogP contribution >= 0.6 is 0 Å². The Balaban J connectivity index is 1.73. The van der Waals surface area contributed by atoms with Gasteiger partial charge in [0.2, 0.25) is 5.95 Å². The van der Waals surface area contributed by atoms with Gasteiger partial charge < -0.3 is 15.8 Å². The van der Waals surface area contributed by atoms with E-state index in [-0.39, 0.29) is 0 Å². The van der Waals surface area contributed by atoms with Gasteiger partial charge in [0.05, 0.1) is 24.4 Å². The second-order valence-corrected chi connectivity index (χ2v) is 5.48. The van der Waals surface area contributed by atoms with E-state index in [1.165, 1.54) is 0 Å². The number of ether oxygens (including phenoxy) is 1. The Bertz CT molecular complexity index is 1030. The Morgan fingerprint density at radius 3 is 2.72 bits per heavy atom. The number of nitrogens with two attached hydrogens (primary N) is 1. The van der Waals surface area contributed by atoms with Crippen LogP contribution in [-0.2, 0) is 0 Å². The summed E-state index contributed by atoms with van der Waals surface area (Å²) in [4.78, 5) is 8.92. The lowest BCUT2D eigenvalue weighted by atomic mass is 10.3. The third-order valence-electron chi connectivity index (χ3n) is 3.77. The number of benzene rings is 2. The van der Waals surface area contributed by atoms with Gasteiger partial charge in [-0.2, -0.15) is 10.1 Å². The first kappa shape index (κ1) is 14.9. The van der Waals surface area contributed by atoms with Crippen LogP contribution in [0.25, 0.3) is 16.7 Å². The Morgan fingerprint density at radius 1 is 1.08 bits per heavy atom. The van der Waals surface area contributed by atoms with Crippen molar-refractivity contribution in [3.05, 3.63) is 60.9 Å². The first-order chi connectivity index (χ1) is 12.2. The molecule has 4 rings (SSSR count). The van der Waals surface area contributed by atoms with Gasteiger partial charge in [-0.25, -0.2) is 9.67 Å². The summed E-state index contributed by atoms with van der Waals surface area (Å²) in [6, 6.07) is 15.0. The predicted molar refractivity (Wildman–Crippen MR) is 97.3 cm³/mol. The van der Waals surface area contributed by atoms with E-state index in [0.29, 0.717) is 17.3 Å². The lowest BCUT2D eigenvalue weighted by Crippen LogP contribution is -2.01. The molecule has 0 amide bonds. The maximum Gasteiger partial charge on any atom is 0.229 e. The van der Waals surface area contributed by atoms with Crippen LogP contribution in [0.3, 0.4) is 0 Å². The third-order valence-corrected chi connectivity index (χ3v) is 3.77. The second-order valence-electron chi connectivity index (χ2n) is 5.48. The fourth-order valence-corrected chi connectivity index (χ4v) is 2.50. The summed E-state index contributed by atoms with van der Waals surface area (Å²) < 4.78 is 7.04. The van der Waals surface area contributed by atoms with Crippen molar-refractivity contribution in [1.29, 1.82) is 0 Å². The molecule has 0 bridgehead atoms. The van der Waals surface area contributed by atoms with Crippen LogP contribution in [0.2, 0.25) is 0 Å². The first-order valence-corrected chi connectivity index (χ1v) is 7.71. The number of aromatic nitrogens is 4. The number of anilines is 3. The van der Waals surface area contributed by atoms with Gasteiger partial charge in [-0.3, -0.25) is 0 Å². The monoisotopic (exact) mass is 332 g/mol. The van der Waals surface area contributed by atoms with E-state index < -0.39 is 0 Å². The van der Waals surface area contributed by atoms with Crippen molar-refractivity contribution < 1.29 is 4.74 Å². The highest BCUT2D eigenvalue weighted by Gasteiger charge is 2.09. The van der Waals surface area contributed by atoms with Crippen LogP contribution in [0.4, 0.5) is 17.3 Å². The van der Waals surface area contributed by atoms with Gasteiger partial charge in [-0.05, 0) is 36.4 Å². The van der Waals surface area contributed by atoms with E-state index in [1.807, 2.05) is 48.5 Å². The SMILES string of the molecule is COc1cccc(-n2ncc3cnc(Nc4ccc(N)cc4)nc32)c1. The Labute approximate surface area is 144 Å². The molecule has 0 saturated carbocycles. The molecule has 0 unspecified atom stereocenters. The summed E-state index contributed by atoms with van der Waals surface area (Å²) >= 11 is 0. The molecule has 0 saturated heterocycles. The summed E-state index contributed by atoms with van der Waals surface area (Å²) in [6.45, 7) is 0. The number of hydrogen-bond acceptors (Lipinski definition) is 6. The number of fused-ring (bicyclic) bond motifs is 1. The van der Waals surface area contributed by atoms with E-state index in [4.69, 9.17) is 10.5 Å². The molecule has 0 aliphatic heterocycles. The zero-order chi connectivity index (χ0) is 17.2. The summed E-state index contributed by atoms with van der Waals surface area (Å²) in [6.07, 6.45) is 3.48. The number of nitrogens with one attached hydrogen (secondary N) is 1. The molecule has 0 atom stereocenters. The predicted octanol–water partition coefficient (Wildman–Crippen LogP) is 3.15. The van der Waals surface area contributed by atoms with E-state index in [9.17, 15) is 0 Å². The summed E-state index contributed by atoms with van der Waals surface area (Å²) in [5.41, 5.74) is 8.85. The number of rotatable bonds is 4. The van der Waals surface area contributed by atoms with Gasteiger partial charge >= 0.3 is 0 Å². The van der Waals surface area contributed by atoms with Gasteiger partial charge in [-0.1, -0.05) is 6.07 Å². The molecule has 124 valence electrons. The number of nitrogen functional groups attached to an aromatic ring is 1. The summed E-state index contributed by atoms with van der Waals surface area (Å²) in [5.74, 6) is 1.25. The van der Waals surface area contributed by atoms with E-state index in [1.54, 1.807) is 24.2 Å². The van der Waals surface area contributed by atoms with Gasteiger partial charge in [0.1, 0.15) is 5.75 Å². The Morgan fingerprint density at radius 2 is 1.92 bits per heavy atom. The zero-order valence-electron chi connectivity index (χ0n) is 13.5. The van der Waals surface area contributed by atoms with Gasteiger partial charge in [0.15, 0.2) is 5.65 Å². The van der Waals surface area contributed by atoms with Gasteiger partial charge in [0.25, 0.3) is 0 Å². The van der Waals surface area contributed by atoms with Crippen molar-refractivity contribution in [3.63, 3.8) is 0 Å². The van der Waals surface area contributed by atoms with Crippen molar-refractivity contribution in [2.75, 3.05) is 18.2 Å². The lowest BCUT2D eigenvalue weighted by molar-refractivity contribution is 0.414. The number of hydrogen-bond donors (Lipinski definition) is 2. The fourth-order valence-electron chi connectivity index (χ4n) is 2.50. The molecule has 7 nitrogen and oxygen atoms in total. The normalized spacial score (nSPS) is 10.8. The van der Waals surface area contributed by atoms with E-state index in [0.717, 1.165) is 22.5 Å². The Hall–Kier alpha value is -3.61. The number of nitrogens with zero attached hydrogens (tertiary/aromatic N) is 4. The minimum atomic E-state index is 0.488. The summed E-state index contributed by atoms with van der Waals surface area (Å²) in [7, 11) is 1.64. The molecular formula is C18H16N6O. The molecule has 25 heavy (non-hydrogen) atoms. The van der Waals surface area contributed by atoms with Crippen molar-refractivity contribution in [2.24, 2.45) is 0 Å². The van der Waals surface area contributed by atoms with Crippen LogP contribution in [-0.4, -0.2) is 26.9 Å². The zero-order valence-corrected chi connectivity index (χ0v) is 13.5. The maximum absolute atomic E-state index is 5.71. The highest BCUT2D eigenvalue weighted by atomic mass is 16.5. The van der Waals surface area contributed by atoms with Crippen LogP contribution < -0.4 is 15.8 Å². The standard InChI is InChI=1S/C18H16N6O/c1-25-16-4-2-3-15(9-16)24-17-12(11-21-24)10-20-18(23-17)22-14-7-5-13(19)6-8-14/h2-11H,19H2,1H3,(H,20,22,23). The molecule has 7 heteroatoms. The van der Waals surface area contributed by atoms with E-state index in [2.05, 4.69) is 20.4 Å². The summed E-state index contributed by atoms with van der Waals surface area (Å²) in [5, 5.41) is 8.44. The highest BCUT2D eigenvalue weighted by molar-refractivity contribution is 5.77. The molecule has 2 aromatic heterocycles. The second kappa shape index (κ2) is 6.12. The molecule has 3 N–H and O–H groups in total. The molecule has 0 fully saturated rings. The highest BCUT2D eigenvalue weighted by Crippen LogP contribution is 2.22. The maximum atomic E-state index is 5.71. The Kier molecular flexibility index (Phi) is 3.66. The molecular weight excluding hydrogens is 316 g/mol. The quantitative estimate of drug-likeness (QED) is 0.558. The topological polar surface area (TPSA) is 90.9 Å². The average molecular weight is 332 g/mol. The largest absolute Gasteiger partial charge is 0.497 e. The van der Waals surface area contributed by atoms with Crippen molar-refractivity contribution in [2.45, 2.75) is 0 Å². The molecule has 4 aromatic rings. The third kappa shape index (κ3) is 2.94. The molecule has 0 radical (unpaired) electrons. The van der Waals surface area contributed by atoms with Crippen LogP contribution in [0, 0.1) is 0 Å². The van der Waals surface area contributed by atoms with Crippen LogP contribution in [0.15, 0.2) is 60.9 Å². The first-order valence-electron chi connectivity index (χ1n) is 7.71. The molecule has 0 spiro atoms. The van der Waals surface area contributed by atoms with Crippen molar-refractivity contribution in [1.82, 2.24) is 19.7 Å². The smallest absolute Gasteiger partial charge is 0.229 e. The molecule has 2 aromatic carbocycles. The molecule has 0 aliphatic carbocycles. The van der Waals surface area contributed by atoms with Crippen LogP contribution in [0.5, 0.6) is 5.75 Å². The number of methoxy groups -OCH3 is 1. The minimum Gasteiger partial charge on any atom is -0.497 e. The molecule has 0 aliphatic rings. The van der Waals surface area contributed by atoms with Crippen LogP contribution in [0.1, 0.15) is 0 Å². The van der Waals surface area contributed by atoms with Crippen molar-refractivity contribution >= 4 is 28.4 Å². The molecule has 2 heterocycles. The van der Waals surface area contributed by atoms with Gasteiger partial charge in [-0.15, -0.1) is 0 Å². The van der Waals surface area contributed by atoms with E-state index >= 15 is 0 Å². The van der Waals surface area contributed by atoms with Gasteiger partial charge in [0, 0.05) is 23.6 Å². The average Bonchev–Trinajstić information content (AvgIpc) is 3.07.